The zero-order valence-electron chi connectivity index (χ0n) is 22.6. The van der Waals surface area contributed by atoms with E-state index in [9.17, 15) is 4.79 Å². The molecule has 0 unspecified atom stereocenters. The summed E-state index contributed by atoms with van der Waals surface area (Å²) < 4.78 is 18.1. The zero-order valence-corrected chi connectivity index (χ0v) is 22.6. The van der Waals surface area contributed by atoms with E-state index in [0.717, 1.165) is 66.5 Å². The Morgan fingerprint density at radius 2 is 1.85 bits per heavy atom. The molecule has 1 amide bonds. The maximum Gasteiger partial charge on any atom is 0.236 e. The quantitative estimate of drug-likeness (QED) is 0.346. The lowest BCUT2D eigenvalue weighted by atomic mass is 9.97. The highest BCUT2D eigenvalue weighted by molar-refractivity contribution is 5.87. The summed E-state index contributed by atoms with van der Waals surface area (Å²) in [5.41, 5.74) is 2.83. The maximum absolute atomic E-state index is 12.7. The summed E-state index contributed by atoms with van der Waals surface area (Å²) in [5.74, 6) is 3.04. The minimum atomic E-state index is 0.258. The van der Waals surface area contributed by atoms with Gasteiger partial charge in [0.05, 0.1) is 31.2 Å². The van der Waals surface area contributed by atoms with Gasteiger partial charge < -0.3 is 24.1 Å². The molecule has 2 aliphatic heterocycles. The minimum Gasteiger partial charge on any atom is -0.493 e. The summed E-state index contributed by atoms with van der Waals surface area (Å²) in [6.07, 6.45) is 5.78. The van der Waals surface area contributed by atoms with Gasteiger partial charge in [0.25, 0.3) is 0 Å². The van der Waals surface area contributed by atoms with E-state index in [1.807, 2.05) is 42.2 Å². The number of fused-ring (bicyclic) bond motifs is 2. The summed E-state index contributed by atoms with van der Waals surface area (Å²) in [4.78, 5) is 29.1. The minimum absolute atomic E-state index is 0.258. The van der Waals surface area contributed by atoms with Gasteiger partial charge in [-0.2, -0.15) is 0 Å². The van der Waals surface area contributed by atoms with Crippen LogP contribution in [0.25, 0.3) is 21.8 Å². The van der Waals surface area contributed by atoms with Crippen LogP contribution in [-0.4, -0.2) is 77.1 Å². The summed E-state index contributed by atoms with van der Waals surface area (Å²) in [6.45, 7) is 6.83. The number of carbonyl (C=O) groups excluding carboxylic acids is 1. The third-order valence-electron chi connectivity index (χ3n) is 7.83. The van der Waals surface area contributed by atoms with Crippen molar-refractivity contribution in [2.75, 3.05) is 46.4 Å². The molecule has 2 aromatic heterocycles. The standard InChI is InChI=1S/C30H35N5O4/c1-20-13-22-5-6-23(14-25(22)33-20)39-30-24-15-27(37-2)28(16-26(24)31-19-32-30)38-18-21-7-11-35(12-8-21)29(36)17-34-9-3-4-10-34/h5-6,13-16,19,21,33H,3-4,7-12,17-18H2,1-2H3. The number of amides is 1. The SMILES string of the molecule is COc1cc2c(Oc3ccc4cc(C)[nH]c4c3)ncnc2cc1OCC1CCN(C(=O)CN2CCCC2)CC1. The van der Waals surface area contributed by atoms with Gasteiger partial charge in [-0.25, -0.2) is 9.97 Å². The van der Waals surface area contributed by atoms with E-state index in [1.54, 1.807) is 7.11 Å². The van der Waals surface area contributed by atoms with Crippen LogP contribution in [0.4, 0.5) is 0 Å². The van der Waals surface area contributed by atoms with Crippen molar-refractivity contribution in [1.29, 1.82) is 0 Å². The summed E-state index contributed by atoms with van der Waals surface area (Å²) in [6, 6.07) is 11.8. The van der Waals surface area contributed by atoms with Gasteiger partial charge in [0.2, 0.25) is 11.8 Å². The van der Waals surface area contributed by atoms with E-state index in [1.165, 1.54) is 19.2 Å². The van der Waals surface area contributed by atoms with Gasteiger partial charge in [-0.3, -0.25) is 9.69 Å². The van der Waals surface area contributed by atoms with Crippen LogP contribution in [0.2, 0.25) is 0 Å². The lowest BCUT2D eigenvalue weighted by Crippen LogP contribution is -2.44. The molecule has 4 aromatic rings. The topological polar surface area (TPSA) is 92.8 Å². The number of H-pyrrole nitrogens is 1. The van der Waals surface area contributed by atoms with Gasteiger partial charge in [0.15, 0.2) is 11.5 Å². The highest BCUT2D eigenvalue weighted by Crippen LogP contribution is 2.37. The van der Waals surface area contributed by atoms with Gasteiger partial charge in [-0.15, -0.1) is 0 Å². The number of nitrogens with one attached hydrogen (secondary N) is 1. The Bertz CT molecular complexity index is 1470. The number of aromatic nitrogens is 3. The Morgan fingerprint density at radius 3 is 2.64 bits per heavy atom. The van der Waals surface area contributed by atoms with Gasteiger partial charge in [0, 0.05) is 36.4 Å². The first-order valence-electron chi connectivity index (χ1n) is 13.8. The molecule has 0 saturated carbocycles. The van der Waals surface area contributed by atoms with E-state index < -0.39 is 0 Å². The largest absolute Gasteiger partial charge is 0.493 e. The van der Waals surface area contributed by atoms with Crippen LogP contribution in [0.15, 0.2) is 42.7 Å². The second-order valence-electron chi connectivity index (χ2n) is 10.6. The first kappa shape index (κ1) is 25.4. The number of hydrogen-bond donors (Lipinski definition) is 1. The monoisotopic (exact) mass is 529 g/mol. The third-order valence-corrected chi connectivity index (χ3v) is 7.83. The number of rotatable bonds is 8. The number of nitrogens with zero attached hydrogens (tertiary/aromatic N) is 4. The summed E-state index contributed by atoms with van der Waals surface area (Å²) in [7, 11) is 1.63. The van der Waals surface area contributed by atoms with Crippen LogP contribution in [-0.2, 0) is 4.79 Å². The molecule has 0 bridgehead atoms. The zero-order chi connectivity index (χ0) is 26.8. The predicted octanol–water partition coefficient (Wildman–Crippen LogP) is 4.93. The lowest BCUT2D eigenvalue weighted by Gasteiger charge is -2.33. The van der Waals surface area contributed by atoms with Crippen LogP contribution >= 0.6 is 0 Å². The molecule has 2 saturated heterocycles. The average Bonchev–Trinajstić information content (AvgIpc) is 3.60. The number of hydrogen-bond acceptors (Lipinski definition) is 7. The molecule has 204 valence electrons. The first-order valence-corrected chi connectivity index (χ1v) is 13.8. The number of aromatic amines is 1. The number of ether oxygens (including phenoxy) is 3. The van der Waals surface area contributed by atoms with Gasteiger partial charge in [-0.1, -0.05) is 0 Å². The molecular weight excluding hydrogens is 494 g/mol. The smallest absolute Gasteiger partial charge is 0.236 e. The Hall–Kier alpha value is -3.85. The molecule has 0 spiro atoms. The fraction of sp³-hybridized carbons (Fsp3) is 0.433. The molecular formula is C30H35N5O4. The number of likely N-dealkylation sites (tertiary alicyclic amines) is 2. The predicted molar refractivity (Wildman–Crippen MR) is 150 cm³/mol. The Labute approximate surface area is 228 Å². The van der Waals surface area contributed by atoms with Crippen molar-refractivity contribution < 1.29 is 19.0 Å². The van der Waals surface area contributed by atoms with Crippen molar-refractivity contribution in [2.24, 2.45) is 5.92 Å². The van der Waals surface area contributed by atoms with Crippen molar-refractivity contribution in [2.45, 2.75) is 32.6 Å². The molecule has 4 heterocycles. The van der Waals surface area contributed by atoms with E-state index in [0.29, 0.717) is 42.2 Å². The van der Waals surface area contributed by atoms with Crippen molar-refractivity contribution in [3.63, 3.8) is 0 Å². The first-order chi connectivity index (χ1) is 19.1. The van der Waals surface area contributed by atoms with E-state index in [4.69, 9.17) is 14.2 Å². The highest BCUT2D eigenvalue weighted by atomic mass is 16.5. The molecule has 0 atom stereocenters. The summed E-state index contributed by atoms with van der Waals surface area (Å²) in [5, 5.41) is 1.88. The summed E-state index contributed by atoms with van der Waals surface area (Å²) >= 11 is 0. The van der Waals surface area contributed by atoms with Gasteiger partial charge in [-0.05, 0) is 81.3 Å². The molecule has 1 N–H and O–H groups in total. The molecule has 9 heteroatoms. The Balaban J connectivity index is 1.11. The molecule has 2 fully saturated rings. The van der Waals surface area contributed by atoms with Gasteiger partial charge in [0.1, 0.15) is 12.1 Å². The van der Waals surface area contributed by atoms with E-state index >= 15 is 0 Å². The van der Waals surface area contributed by atoms with Crippen molar-refractivity contribution >= 4 is 27.7 Å². The van der Waals surface area contributed by atoms with Crippen molar-refractivity contribution in [1.82, 2.24) is 24.8 Å². The third kappa shape index (κ3) is 5.63. The van der Waals surface area contributed by atoms with E-state index in [2.05, 4.69) is 25.9 Å². The van der Waals surface area contributed by atoms with Gasteiger partial charge >= 0.3 is 0 Å². The number of carbonyl (C=O) groups is 1. The van der Waals surface area contributed by atoms with Crippen LogP contribution in [0.1, 0.15) is 31.4 Å². The fourth-order valence-corrected chi connectivity index (χ4v) is 5.61. The molecule has 9 nitrogen and oxygen atoms in total. The van der Waals surface area contributed by atoms with Crippen LogP contribution in [0, 0.1) is 12.8 Å². The van der Waals surface area contributed by atoms with Crippen molar-refractivity contribution in [3.8, 4) is 23.1 Å². The molecule has 39 heavy (non-hydrogen) atoms. The molecule has 2 aliphatic rings. The maximum atomic E-state index is 12.7. The van der Waals surface area contributed by atoms with Crippen molar-refractivity contribution in [3.05, 3.63) is 48.4 Å². The molecule has 2 aromatic carbocycles. The second kappa shape index (κ2) is 11.1. The lowest BCUT2D eigenvalue weighted by molar-refractivity contribution is -0.133. The number of aryl methyl sites for hydroxylation is 1. The fourth-order valence-electron chi connectivity index (χ4n) is 5.61. The number of methoxy groups -OCH3 is 1. The Kier molecular flexibility index (Phi) is 7.24. The molecule has 6 rings (SSSR count). The second-order valence-corrected chi connectivity index (χ2v) is 10.6. The van der Waals surface area contributed by atoms with Crippen LogP contribution < -0.4 is 14.2 Å². The number of benzene rings is 2. The van der Waals surface area contributed by atoms with Crippen LogP contribution in [0.3, 0.4) is 0 Å². The Morgan fingerprint density at radius 1 is 1.03 bits per heavy atom. The van der Waals surface area contributed by atoms with Crippen LogP contribution in [0.5, 0.6) is 23.1 Å². The normalized spacial score (nSPS) is 16.7. The molecule has 0 aliphatic carbocycles. The van der Waals surface area contributed by atoms with E-state index in [-0.39, 0.29) is 5.91 Å². The number of piperidine rings is 1. The molecule has 0 radical (unpaired) electrons. The average molecular weight is 530 g/mol. The highest BCUT2D eigenvalue weighted by Gasteiger charge is 2.26.